The van der Waals surface area contributed by atoms with Crippen molar-refractivity contribution in [1.82, 2.24) is 4.57 Å². The summed E-state index contributed by atoms with van der Waals surface area (Å²) in [5, 5.41) is 9.58. The van der Waals surface area contributed by atoms with Crippen LogP contribution in [0.1, 0.15) is 68.8 Å². The number of ketones is 1. The van der Waals surface area contributed by atoms with Gasteiger partial charge in [0.25, 0.3) is 0 Å². The van der Waals surface area contributed by atoms with Gasteiger partial charge in [0, 0.05) is 28.4 Å². The molecule has 0 saturated heterocycles. The Labute approximate surface area is 184 Å². The molecule has 0 atom stereocenters. The number of carboxylic acid groups (broad SMARTS) is 1. The Bertz CT molecular complexity index is 1240. The number of carbonyl (C=O) groups is 2. The molecular weight excluding hydrogens is 417 g/mol. The van der Waals surface area contributed by atoms with Crippen molar-refractivity contribution >= 4 is 23.4 Å². The Hall–Kier alpha value is -2.92. The monoisotopic (exact) mass is 437 g/mol. The quantitative estimate of drug-likeness (QED) is 0.519. The molecule has 0 radical (unpaired) electrons. The number of aromatic carboxylic acids is 1. The van der Waals surface area contributed by atoms with Crippen LogP contribution in [-0.2, 0) is 11.8 Å². The molecular formula is C25H21ClFNO3. The fraction of sp³-hybridized carbons (Fsp3) is 0.280. The van der Waals surface area contributed by atoms with Gasteiger partial charge in [0.2, 0.25) is 0 Å². The van der Waals surface area contributed by atoms with Crippen molar-refractivity contribution in [3.05, 3.63) is 86.9 Å². The number of hydrogen-bond donors (Lipinski definition) is 1. The summed E-state index contributed by atoms with van der Waals surface area (Å²) in [5.41, 5.74) is 3.92. The number of fused-ring (bicyclic) bond motifs is 2. The van der Waals surface area contributed by atoms with Crippen molar-refractivity contribution in [1.29, 1.82) is 0 Å². The number of halogens is 2. The minimum atomic E-state index is -1.18. The minimum Gasteiger partial charge on any atom is -0.478 e. The van der Waals surface area contributed by atoms with Gasteiger partial charge >= 0.3 is 5.97 Å². The molecule has 3 aromatic rings. The lowest BCUT2D eigenvalue weighted by Gasteiger charge is -2.26. The first-order valence-electron chi connectivity index (χ1n) is 10.4. The molecule has 0 bridgehead atoms. The van der Waals surface area contributed by atoms with Crippen molar-refractivity contribution in [3.8, 4) is 5.69 Å². The summed E-state index contributed by atoms with van der Waals surface area (Å²) in [6.07, 6.45) is 6.50. The molecule has 0 amide bonds. The largest absolute Gasteiger partial charge is 0.478 e. The van der Waals surface area contributed by atoms with Crippen LogP contribution in [0.15, 0.2) is 42.6 Å². The molecule has 158 valence electrons. The Kier molecular flexibility index (Phi) is 4.56. The van der Waals surface area contributed by atoms with E-state index in [0.29, 0.717) is 16.1 Å². The first-order valence-corrected chi connectivity index (χ1v) is 10.8. The number of hydrogen-bond acceptors (Lipinski definition) is 2. The van der Waals surface area contributed by atoms with E-state index in [4.69, 9.17) is 11.6 Å². The SMILES string of the molecule is Cc1cccc(Cl)c1C(=O)c1cn(-c2ccc(C(=O)O)cc2F)c2c1CCCC21CC1. The highest BCUT2D eigenvalue weighted by Gasteiger charge is 2.50. The molecule has 6 heteroatoms. The summed E-state index contributed by atoms with van der Waals surface area (Å²) in [5.74, 6) is -1.95. The molecule has 2 aromatic carbocycles. The predicted molar refractivity (Wildman–Crippen MR) is 116 cm³/mol. The predicted octanol–water partition coefficient (Wildman–Crippen LogP) is 5.88. The van der Waals surface area contributed by atoms with Crippen molar-refractivity contribution in [2.75, 3.05) is 0 Å². The zero-order valence-corrected chi connectivity index (χ0v) is 17.8. The van der Waals surface area contributed by atoms with E-state index in [-0.39, 0.29) is 22.4 Å². The zero-order valence-electron chi connectivity index (χ0n) is 17.0. The third-order valence-corrected chi connectivity index (χ3v) is 7.01. The molecule has 1 heterocycles. The number of benzene rings is 2. The number of carboxylic acids is 1. The average molecular weight is 438 g/mol. The topological polar surface area (TPSA) is 59.3 Å². The molecule has 1 spiro atoms. The van der Waals surface area contributed by atoms with E-state index >= 15 is 4.39 Å². The van der Waals surface area contributed by atoms with Gasteiger partial charge in [0.05, 0.1) is 16.3 Å². The Morgan fingerprint density at radius 1 is 1.16 bits per heavy atom. The smallest absolute Gasteiger partial charge is 0.335 e. The maximum absolute atomic E-state index is 15.0. The maximum atomic E-state index is 15.0. The maximum Gasteiger partial charge on any atom is 0.335 e. The van der Waals surface area contributed by atoms with Crippen LogP contribution in [0.2, 0.25) is 5.02 Å². The average Bonchev–Trinajstić information content (AvgIpc) is 3.37. The molecule has 31 heavy (non-hydrogen) atoms. The van der Waals surface area contributed by atoms with Crippen LogP contribution in [0.3, 0.4) is 0 Å². The van der Waals surface area contributed by atoms with E-state index in [2.05, 4.69) is 0 Å². The lowest BCUT2D eigenvalue weighted by Crippen LogP contribution is -2.20. The fourth-order valence-corrected chi connectivity index (χ4v) is 5.32. The van der Waals surface area contributed by atoms with Gasteiger partial charge in [0.15, 0.2) is 5.78 Å². The molecule has 1 fully saturated rings. The van der Waals surface area contributed by atoms with Gasteiger partial charge in [0.1, 0.15) is 5.82 Å². The number of carbonyl (C=O) groups excluding carboxylic acids is 1. The van der Waals surface area contributed by atoms with Crippen LogP contribution < -0.4 is 0 Å². The highest BCUT2D eigenvalue weighted by Crippen LogP contribution is 2.57. The molecule has 5 rings (SSSR count). The van der Waals surface area contributed by atoms with E-state index in [1.54, 1.807) is 16.8 Å². The van der Waals surface area contributed by atoms with Gasteiger partial charge in [-0.2, -0.15) is 0 Å². The standard InChI is InChI=1S/C25H21ClFNO3/c1-14-4-2-6-18(26)21(14)22(29)17-13-28(20-8-7-15(24(30)31)12-19(20)27)23-16(17)5-3-9-25(23)10-11-25/h2,4,6-8,12-13H,3,5,9-11H2,1H3,(H,30,31). The molecule has 0 unspecified atom stereocenters. The van der Waals surface area contributed by atoms with Crippen molar-refractivity contribution in [2.45, 2.75) is 44.4 Å². The third-order valence-electron chi connectivity index (χ3n) is 6.70. The molecule has 1 N–H and O–H groups in total. The number of aromatic nitrogens is 1. The second-order valence-electron chi connectivity index (χ2n) is 8.61. The van der Waals surface area contributed by atoms with Gasteiger partial charge in [-0.3, -0.25) is 4.79 Å². The normalized spacial score (nSPS) is 16.2. The lowest BCUT2D eigenvalue weighted by molar-refractivity contribution is 0.0696. The van der Waals surface area contributed by atoms with E-state index in [9.17, 15) is 14.7 Å². The van der Waals surface area contributed by atoms with E-state index in [0.717, 1.165) is 55.0 Å². The van der Waals surface area contributed by atoms with E-state index < -0.39 is 11.8 Å². The van der Waals surface area contributed by atoms with Crippen LogP contribution in [0.25, 0.3) is 5.69 Å². The van der Waals surface area contributed by atoms with Crippen LogP contribution in [-0.4, -0.2) is 21.4 Å². The van der Waals surface area contributed by atoms with Gasteiger partial charge in [-0.05, 0) is 74.4 Å². The van der Waals surface area contributed by atoms with Crippen LogP contribution in [0, 0.1) is 12.7 Å². The van der Waals surface area contributed by atoms with Crippen LogP contribution in [0.4, 0.5) is 4.39 Å². The highest BCUT2D eigenvalue weighted by molar-refractivity contribution is 6.35. The minimum absolute atomic E-state index is 0.0282. The summed E-state index contributed by atoms with van der Waals surface area (Å²) in [7, 11) is 0. The third kappa shape index (κ3) is 3.10. The first-order chi connectivity index (χ1) is 14.8. The second kappa shape index (κ2) is 7.06. The van der Waals surface area contributed by atoms with Gasteiger partial charge in [-0.25, -0.2) is 9.18 Å². The van der Waals surface area contributed by atoms with Crippen molar-refractivity contribution < 1.29 is 19.1 Å². The summed E-state index contributed by atoms with van der Waals surface area (Å²) in [6.45, 7) is 1.86. The molecule has 1 aromatic heterocycles. The molecule has 1 saturated carbocycles. The molecule has 0 aliphatic heterocycles. The second-order valence-corrected chi connectivity index (χ2v) is 9.01. The summed E-state index contributed by atoms with van der Waals surface area (Å²) in [6, 6.07) is 9.29. The Balaban J connectivity index is 1.72. The summed E-state index contributed by atoms with van der Waals surface area (Å²) >= 11 is 6.38. The van der Waals surface area contributed by atoms with Crippen LogP contribution in [0.5, 0.6) is 0 Å². The fourth-order valence-electron chi connectivity index (χ4n) is 5.01. The van der Waals surface area contributed by atoms with Crippen molar-refractivity contribution in [3.63, 3.8) is 0 Å². The molecule has 4 nitrogen and oxygen atoms in total. The first kappa shape index (κ1) is 20.0. The summed E-state index contributed by atoms with van der Waals surface area (Å²) < 4.78 is 16.8. The summed E-state index contributed by atoms with van der Waals surface area (Å²) in [4.78, 5) is 24.8. The molecule has 2 aliphatic rings. The van der Waals surface area contributed by atoms with E-state index in [1.165, 1.54) is 12.1 Å². The number of nitrogens with zero attached hydrogens (tertiary/aromatic N) is 1. The highest BCUT2D eigenvalue weighted by atomic mass is 35.5. The number of rotatable bonds is 4. The van der Waals surface area contributed by atoms with Crippen LogP contribution >= 0.6 is 11.6 Å². The van der Waals surface area contributed by atoms with Gasteiger partial charge in [-0.15, -0.1) is 0 Å². The van der Waals surface area contributed by atoms with Gasteiger partial charge < -0.3 is 9.67 Å². The number of aryl methyl sites for hydroxylation is 1. The Morgan fingerprint density at radius 2 is 1.94 bits per heavy atom. The van der Waals surface area contributed by atoms with Crippen molar-refractivity contribution in [2.24, 2.45) is 0 Å². The molecule has 2 aliphatic carbocycles. The van der Waals surface area contributed by atoms with Gasteiger partial charge in [-0.1, -0.05) is 23.7 Å². The Morgan fingerprint density at radius 3 is 2.58 bits per heavy atom. The zero-order chi connectivity index (χ0) is 21.9. The lowest BCUT2D eigenvalue weighted by atomic mass is 9.82. The van der Waals surface area contributed by atoms with E-state index in [1.807, 2.05) is 19.1 Å².